The van der Waals surface area contributed by atoms with Crippen LogP contribution in [0.15, 0.2) is 95.8 Å². The number of hydrogen-bond acceptors (Lipinski definition) is 3. The molecule has 0 aliphatic heterocycles. The number of fused-ring (bicyclic) bond motifs is 1. The van der Waals surface area contributed by atoms with Gasteiger partial charge in [0.2, 0.25) is 0 Å². The number of benzene rings is 3. The summed E-state index contributed by atoms with van der Waals surface area (Å²) in [4.78, 5) is 18.3. The highest BCUT2D eigenvalue weighted by molar-refractivity contribution is 6.33. The van der Waals surface area contributed by atoms with Crippen molar-refractivity contribution in [2.75, 3.05) is 0 Å². The van der Waals surface area contributed by atoms with E-state index in [9.17, 15) is 4.79 Å². The first-order valence-electron chi connectivity index (χ1n) is 10.2. The van der Waals surface area contributed by atoms with E-state index in [1.807, 2.05) is 97.9 Å². The van der Waals surface area contributed by atoms with E-state index in [0.29, 0.717) is 27.6 Å². The number of aryl methyl sites for hydroxylation is 1. The van der Waals surface area contributed by atoms with E-state index in [1.54, 1.807) is 0 Å². The monoisotopic (exact) mass is 438 g/mol. The van der Waals surface area contributed by atoms with Gasteiger partial charge in [-0.05, 0) is 42.3 Å². The standard InChI is InChI=1S/C26H19ClN4O/c1-17-21(18-11-5-2-6-12-18)23(27)29-25-22(17)24(28)30(19-13-7-3-8-14-19)26(32)31(25)20-15-9-4-10-16-20/h2-16,28H,1H3. The van der Waals surface area contributed by atoms with Crippen LogP contribution in [0.25, 0.3) is 33.5 Å². The number of para-hydroxylation sites is 2. The van der Waals surface area contributed by atoms with Crippen molar-refractivity contribution in [3.63, 3.8) is 0 Å². The smallest absolute Gasteiger partial charge is 0.283 e. The third kappa shape index (κ3) is 3.15. The van der Waals surface area contributed by atoms with E-state index < -0.39 is 0 Å². The second kappa shape index (κ2) is 7.94. The minimum absolute atomic E-state index is 0.0715. The molecule has 0 atom stereocenters. The van der Waals surface area contributed by atoms with Gasteiger partial charge in [0.25, 0.3) is 0 Å². The highest BCUT2D eigenvalue weighted by Crippen LogP contribution is 2.33. The van der Waals surface area contributed by atoms with Crippen LogP contribution in [0.4, 0.5) is 0 Å². The van der Waals surface area contributed by atoms with Crippen molar-refractivity contribution >= 4 is 22.6 Å². The van der Waals surface area contributed by atoms with E-state index in [2.05, 4.69) is 4.98 Å². The van der Waals surface area contributed by atoms with E-state index in [0.717, 1.165) is 16.7 Å². The summed E-state index contributed by atoms with van der Waals surface area (Å²) in [6.07, 6.45) is 0. The minimum Gasteiger partial charge on any atom is -0.283 e. The molecule has 1 N–H and O–H groups in total. The number of halogens is 1. The average molecular weight is 439 g/mol. The molecule has 32 heavy (non-hydrogen) atoms. The highest BCUT2D eigenvalue weighted by atomic mass is 35.5. The Labute approximate surface area is 189 Å². The molecule has 2 aromatic heterocycles. The number of pyridine rings is 1. The summed E-state index contributed by atoms with van der Waals surface area (Å²) in [5, 5.41) is 9.88. The number of rotatable bonds is 3. The predicted octanol–water partition coefficient (Wildman–Crippen LogP) is 5.28. The Bertz CT molecular complexity index is 1560. The molecule has 0 unspecified atom stereocenters. The first-order valence-corrected chi connectivity index (χ1v) is 10.5. The molecule has 0 saturated heterocycles. The molecule has 0 aliphatic rings. The fourth-order valence-electron chi connectivity index (χ4n) is 4.06. The van der Waals surface area contributed by atoms with Crippen LogP contribution in [0.1, 0.15) is 5.56 Å². The van der Waals surface area contributed by atoms with Gasteiger partial charge in [-0.15, -0.1) is 0 Å². The largest absolute Gasteiger partial charge is 0.340 e. The van der Waals surface area contributed by atoms with Crippen molar-refractivity contribution in [3.05, 3.63) is 118 Å². The normalized spacial score (nSPS) is 11.1. The predicted molar refractivity (Wildman–Crippen MR) is 128 cm³/mol. The molecular weight excluding hydrogens is 420 g/mol. The molecule has 0 spiro atoms. The summed E-state index contributed by atoms with van der Waals surface area (Å²) in [6, 6.07) is 28.2. The molecule has 0 bridgehead atoms. The van der Waals surface area contributed by atoms with Gasteiger partial charge >= 0.3 is 5.69 Å². The van der Waals surface area contributed by atoms with Gasteiger partial charge in [-0.25, -0.2) is 18.9 Å². The number of nitrogens with one attached hydrogen (secondary N) is 1. The lowest BCUT2D eigenvalue weighted by molar-refractivity contribution is 0.799. The maximum absolute atomic E-state index is 13.7. The van der Waals surface area contributed by atoms with Crippen LogP contribution < -0.4 is 11.2 Å². The molecule has 0 saturated carbocycles. The Hall–Kier alpha value is -3.96. The molecule has 0 fully saturated rings. The zero-order valence-corrected chi connectivity index (χ0v) is 18.0. The first kappa shape index (κ1) is 20.0. The summed E-state index contributed by atoms with van der Waals surface area (Å²) >= 11 is 6.67. The molecule has 2 heterocycles. The lowest BCUT2D eigenvalue weighted by Gasteiger charge is -2.18. The van der Waals surface area contributed by atoms with Crippen LogP contribution in [0.3, 0.4) is 0 Å². The Morgan fingerprint density at radius 2 is 1.28 bits per heavy atom. The average Bonchev–Trinajstić information content (AvgIpc) is 2.81. The molecule has 5 nitrogen and oxygen atoms in total. The number of nitrogens with zero attached hydrogens (tertiary/aromatic N) is 3. The van der Waals surface area contributed by atoms with E-state index in [-0.39, 0.29) is 11.2 Å². The van der Waals surface area contributed by atoms with Crippen LogP contribution in [0, 0.1) is 12.3 Å². The quantitative estimate of drug-likeness (QED) is 0.389. The lowest BCUT2D eigenvalue weighted by Crippen LogP contribution is -2.39. The van der Waals surface area contributed by atoms with E-state index in [4.69, 9.17) is 17.0 Å². The van der Waals surface area contributed by atoms with Crippen LogP contribution >= 0.6 is 11.6 Å². The van der Waals surface area contributed by atoms with Gasteiger partial charge in [0.15, 0.2) is 5.65 Å². The molecule has 5 rings (SSSR count). The Morgan fingerprint density at radius 3 is 1.84 bits per heavy atom. The number of hydrogen-bond donors (Lipinski definition) is 1. The van der Waals surface area contributed by atoms with Gasteiger partial charge < -0.3 is 0 Å². The minimum atomic E-state index is -0.379. The Balaban J connectivity index is 2.00. The van der Waals surface area contributed by atoms with Crippen LogP contribution in [-0.2, 0) is 0 Å². The summed E-state index contributed by atoms with van der Waals surface area (Å²) in [7, 11) is 0. The third-order valence-electron chi connectivity index (χ3n) is 5.53. The second-order valence-corrected chi connectivity index (χ2v) is 7.80. The summed E-state index contributed by atoms with van der Waals surface area (Å²) in [6.45, 7) is 1.92. The molecule has 0 amide bonds. The molecule has 0 aliphatic carbocycles. The van der Waals surface area contributed by atoms with Gasteiger partial charge in [0.05, 0.1) is 16.8 Å². The molecule has 5 aromatic rings. The summed E-state index contributed by atoms with van der Waals surface area (Å²) in [5.41, 5.74) is 3.79. The third-order valence-corrected chi connectivity index (χ3v) is 5.80. The van der Waals surface area contributed by atoms with Gasteiger partial charge in [-0.2, -0.15) is 0 Å². The molecule has 0 radical (unpaired) electrons. The molecule has 3 aromatic carbocycles. The molecule has 6 heteroatoms. The van der Waals surface area contributed by atoms with Crippen molar-refractivity contribution < 1.29 is 0 Å². The van der Waals surface area contributed by atoms with Crippen molar-refractivity contribution in [2.24, 2.45) is 0 Å². The van der Waals surface area contributed by atoms with Gasteiger partial charge in [0, 0.05) is 5.56 Å². The zero-order valence-electron chi connectivity index (χ0n) is 17.3. The Morgan fingerprint density at radius 1 is 0.781 bits per heavy atom. The summed E-state index contributed by atoms with van der Waals surface area (Å²) in [5.74, 6) is 0. The van der Waals surface area contributed by atoms with Gasteiger partial charge in [-0.1, -0.05) is 78.3 Å². The topological polar surface area (TPSA) is 63.7 Å². The highest BCUT2D eigenvalue weighted by Gasteiger charge is 2.21. The zero-order chi connectivity index (χ0) is 22.2. The SMILES string of the molecule is Cc1c(-c2ccccc2)c(Cl)nc2c1c(=N)n(-c1ccccc1)c(=O)n2-c1ccccc1. The van der Waals surface area contributed by atoms with Gasteiger partial charge in [-0.3, -0.25) is 5.41 Å². The fraction of sp³-hybridized carbons (Fsp3) is 0.0385. The maximum atomic E-state index is 13.7. The van der Waals surface area contributed by atoms with Crippen LogP contribution in [0.2, 0.25) is 5.15 Å². The second-order valence-electron chi connectivity index (χ2n) is 7.44. The first-order chi connectivity index (χ1) is 15.6. The Kier molecular flexibility index (Phi) is 4.96. The van der Waals surface area contributed by atoms with Crippen molar-refractivity contribution in [3.8, 4) is 22.5 Å². The van der Waals surface area contributed by atoms with Crippen molar-refractivity contribution in [1.29, 1.82) is 5.41 Å². The van der Waals surface area contributed by atoms with Crippen molar-refractivity contribution in [1.82, 2.24) is 14.1 Å². The molecular formula is C26H19ClN4O. The molecule has 156 valence electrons. The van der Waals surface area contributed by atoms with Crippen LogP contribution in [-0.4, -0.2) is 14.1 Å². The fourth-order valence-corrected chi connectivity index (χ4v) is 4.39. The van der Waals surface area contributed by atoms with Crippen LogP contribution in [0.5, 0.6) is 0 Å². The number of aromatic nitrogens is 3. The van der Waals surface area contributed by atoms with E-state index in [1.165, 1.54) is 9.13 Å². The summed E-state index contributed by atoms with van der Waals surface area (Å²) < 4.78 is 2.93. The maximum Gasteiger partial charge on any atom is 0.340 e. The van der Waals surface area contributed by atoms with E-state index >= 15 is 0 Å². The van der Waals surface area contributed by atoms with Gasteiger partial charge in [0.1, 0.15) is 10.6 Å². The van der Waals surface area contributed by atoms with Crippen molar-refractivity contribution in [2.45, 2.75) is 6.92 Å². The lowest BCUT2D eigenvalue weighted by atomic mass is 10.0.